The molecular weight excluding hydrogens is 242 g/mol. The first-order chi connectivity index (χ1) is 8.74. The topological polar surface area (TPSA) is 28.2 Å². The van der Waals surface area contributed by atoms with Crippen LogP contribution in [0.2, 0.25) is 0 Å². The molecule has 4 heteroatoms. The van der Waals surface area contributed by atoms with Crippen molar-refractivity contribution in [3.05, 3.63) is 11.1 Å². The Morgan fingerprint density at radius 3 is 3.00 bits per heavy atom. The van der Waals surface area contributed by atoms with Crippen molar-refractivity contribution in [2.24, 2.45) is 0 Å². The van der Waals surface area contributed by atoms with Gasteiger partial charge in [-0.2, -0.15) is 0 Å². The molecule has 1 aromatic rings. The highest BCUT2D eigenvalue weighted by molar-refractivity contribution is 7.15. The summed E-state index contributed by atoms with van der Waals surface area (Å²) in [6.07, 6.45) is 7.16. The molecule has 18 heavy (non-hydrogen) atoms. The maximum atomic E-state index is 4.45. The van der Waals surface area contributed by atoms with Crippen LogP contribution in [0.4, 0.5) is 5.13 Å². The number of nitrogens with one attached hydrogen (secondary N) is 1. The second kappa shape index (κ2) is 6.53. The van der Waals surface area contributed by atoms with Crippen LogP contribution in [-0.2, 0) is 6.54 Å². The van der Waals surface area contributed by atoms with E-state index < -0.39 is 0 Å². The summed E-state index contributed by atoms with van der Waals surface area (Å²) in [6.45, 7) is 8.93. The number of rotatable bonds is 6. The van der Waals surface area contributed by atoms with Crippen molar-refractivity contribution in [3.8, 4) is 0 Å². The fourth-order valence-corrected chi connectivity index (χ4v) is 3.57. The molecule has 0 spiro atoms. The fourth-order valence-electron chi connectivity index (χ4n) is 2.72. The molecule has 2 unspecified atom stereocenters. The first-order valence-electron chi connectivity index (χ1n) is 7.18. The van der Waals surface area contributed by atoms with Gasteiger partial charge in [0.2, 0.25) is 0 Å². The van der Waals surface area contributed by atoms with Crippen LogP contribution in [0.3, 0.4) is 0 Å². The number of thiazole rings is 1. The second-order valence-electron chi connectivity index (χ2n) is 5.22. The fraction of sp³-hybridized carbons (Fsp3) is 0.786. The van der Waals surface area contributed by atoms with E-state index >= 15 is 0 Å². The summed E-state index contributed by atoms with van der Waals surface area (Å²) in [6, 6.07) is 1.50. The van der Waals surface area contributed by atoms with E-state index in [-0.39, 0.29) is 0 Å². The Morgan fingerprint density at radius 1 is 1.44 bits per heavy atom. The van der Waals surface area contributed by atoms with E-state index in [1.165, 1.54) is 24.1 Å². The van der Waals surface area contributed by atoms with Gasteiger partial charge in [0, 0.05) is 36.2 Å². The second-order valence-corrected chi connectivity index (χ2v) is 6.33. The Kier molecular flexibility index (Phi) is 5.01. The monoisotopic (exact) mass is 267 g/mol. The van der Waals surface area contributed by atoms with Gasteiger partial charge in [-0.25, -0.2) is 4.98 Å². The summed E-state index contributed by atoms with van der Waals surface area (Å²) >= 11 is 1.81. The molecule has 3 nitrogen and oxygen atoms in total. The molecule has 0 aliphatic carbocycles. The van der Waals surface area contributed by atoms with Gasteiger partial charge >= 0.3 is 0 Å². The number of hydrogen-bond acceptors (Lipinski definition) is 4. The zero-order valence-electron chi connectivity index (χ0n) is 11.8. The quantitative estimate of drug-likeness (QED) is 0.851. The molecule has 2 rings (SSSR count). The lowest BCUT2D eigenvalue weighted by Gasteiger charge is -2.26. The number of anilines is 1. The van der Waals surface area contributed by atoms with E-state index in [0.29, 0.717) is 0 Å². The minimum atomic E-state index is 0.726. The number of likely N-dealkylation sites (tertiary alicyclic amines) is 1. The summed E-state index contributed by atoms with van der Waals surface area (Å²) in [7, 11) is 0. The van der Waals surface area contributed by atoms with Gasteiger partial charge in [-0.3, -0.25) is 4.90 Å². The molecule has 0 radical (unpaired) electrons. The highest BCUT2D eigenvalue weighted by Crippen LogP contribution is 2.29. The Bertz CT molecular complexity index is 364. The molecule has 2 heterocycles. The van der Waals surface area contributed by atoms with E-state index in [2.05, 4.69) is 36.0 Å². The predicted molar refractivity (Wildman–Crippen MR) is 79.2 cm³/mol. The van der Waals surface area contributed by atoms with Crippen LogP contribution in [0.15, 0.2) is 6.20 Å². The molecule has 1 aliphatic heterocycles. The van der Waals surface area contributed by atoms with Crippen LogP contribution in [0.1, 0.15) is 51.3 Å². The zero-order chi connectivity index (χ0) is 13.0. The van der Waals surface area contributed by atoms with Crippen LogP contribution in [0.25, 0.3) is 0 Å². The average molecular weight is 267 g/mol. The van der Waals surface area contributed by atoms with Gasteiger partial charge in [-0.05, 0) is 32.6 Å². The maximum absolute atomic E-state index is 4.45. The SMILES string of the molecule is CCCNc1ncc(CN2C(C)CCC2CC)s1. The lowest BCUT2D eigenvalue weighted by Crippen LogP contribution is -2.33. The molecule has 0 amide bonds. The third kappa shape index (κ3) is 3.23. The Hall–Kier alpha value is -0.610. The minimum Gasteiger partial charge on any atom is -0.362 e. The molecule has 102 valence electrons. The molecular formula is C14H25N3S. The lowest BCUT2D eigenvalue weighted by atomic mass is 10.1. The molecule has 0 saturated carbocycles. The summed E-state index contributed by atoms with van der Waals surface area (Å²) in [5.41, 5.74) is 0. The van der Waals surface area contributed by atoms with Crippen molar-refractivity contribution >= 4 is 16.5 Å². The highest BCUT2D eigenvalue weighted by atomic mass is 32.1. The van der Waals surface area contributed by atoms with Crippen LogP contribution in [0, 0.1) is 0 Å². The van der Waals surface area contributed by atoms with Crippen LogP contribution in [-0.4, -0.2) is 28.5 Å². The van der Waals surface area contributed by atoms with Crippen molar-refractivity contribution in [2.45, 2.75) is 65.1 Å². The van der Waals surface area contributed by atoms with Crippen LogP contribution >= 0.6 is 11.3 Å². The van der Waals surface area contributed by atoms with Crippen molar-refractivity contribution in [3.63, 3.8) is 0 Å². The largest absolute Gasteiger partial charge is 0.362 e. The highest BCUT2D eigenvalue weighted by Gasteiger charge is 2.29. The first-order valence-corrected chi connectivity index (χ1v) is 8.00. The lowest BCUT2D eigenvalue weighted by molar-refractivity contribution is 0.191. The summed E-state index contributed by atoms with van der Waals surface area (Å²) < 4.78 is 0. The van der Waals surface area contributed by atoms with Gasteiger partial charge in [0.1, 0.15) is 0 Å². The molecule has 1 aromatic heterocycles. The van der Waals surface area contributed by atoms with Crippen LogP contribution < -0.4 is 5.32 Å². The Balaban J connectivity index is 1.93. The summed E-state index contributed by atoms with van der Waals surface area (Å²) in [4.78, 5) is 8.49. The predicted octanol–water partition coefficient (Wildman–Crippen LogP) is 3.73. The van der Waals surface area contributed by atoms with Gasteiger partial charge in [-0.1, -0.05) is 13.8 Å². The molecule has 1 fully saturated rings. The van der Waals surface area contributed by atoms with Crippen LogP contribution in [0.5, 0.6) is 0 Å². The van der Waals surface area contributed by atoms with Gasteiger partial charge < -0.3 is 5.32 Å². The molecule has 1 saturated heterocycles. The van der Waals surface area contributed by atoms with Gasteiger partial charge in [0.15, 0.2) is 5.13 Å². The summed E-state index contributed by atoms with van der Waals surface area (Å²) in [5, 5.41) is 4.44. The average Bonchev–Trinajstić information content (AvgIpc) is 2.96. The van der Waals surface area contributed by atoms with E-state index in [4.69, 9.17) is 0 Å². The molecule has 0 aromatic carbocycles. The third-order valence-electron chi connectivity index (χ3n) is 3.84. The number of hydrogen-bond donors (Lipinski definition) is 1. The smallest absolute Gasteiger partial charge is 0.182 e. The third-order valence-corrected chi connectivity index (χ3v) is 4.78. The Labute approximate surface area is 115 Å². The minimum absolute atomic E-state index is 0.726. The first kappa shape index (κ1) is 13.8. The van der Waals surface area contributed by atoms with Crippen molar-refractivity contribution in [1.29, 1.82) is 0 Å². The number of nitrogens with zero attached hydrogens (tertiary/aromatic N) is 2. The zero-order valence-corrected chi connectivity index (χ0v) is 12.6. The number of aromatic nitrogens is 1. The van der Waals surface area contributed by atoms with E-state index in [0.717, 1.165) is 36.7 Å². The van der Waals surface area contributed by atoms with Crippen molar-refractivity contribution < 1.29 is 0 Å². The van der Waals surface area contributed by atoms with E-state index in [9.17, 15) is 0 Å². The van der Waals surface area contributed by atoms with Gasteiger partial charge in [-0.15, -0.1) is 11.3 Å². The molecule has 1 N–H and O–H groups in total. The van der Waals surface area contributed by atoms with E-state index in [1.807, 2.05) is 17.5 Å². The van der Waals surface area contributed by atoms with Crippen molar-refractivity contribution in [1.82, 2.24) is 9.88 Å². The maximum Gasteiger partial charge on any atom is 0.182 e. The Morgan fingerprint density at radius 2 is 2.28 bits per heavy atom. The van der Waals surface area contributed by atoms with Gasteiger partial charge in [0.25, 0.3) is 0 Å². The van der Waals surface area contributed by atoms with Gasteiger partial charge in [0.05, 0.1) is 0 Å². The summed E-state index contributed by atoms with van der Waals surface area (Å²) in [5.74, 6) is 0. The van der Waals surface area contributed by atoms with E-state index in [1.54, 1.807) is 0 Å². The normalized spacial score (nSPS) is 24.6. The standard InChI is InChI=1S/C14H25N3S/c1-4-8-15-14-16-9-13(18-14)10-17-11(3)6-7-12(17)5-2/h9,11-12H,4-8,10H2,1-3H3,(H,15,16). The van der Waals surface area contributed by atoms with Crippen molar-refractivity contribution in [2.75, 3.05) is 11.9 Å². The molecule has 1 aliphatic rings. The molecule has 2 atom stereocenters. The molecule has 0 bridgehead atoms.